The molecule has 0 fully saturated rings. The Morgan fingerprint density at radius 2 is 1.90 bits per heavy atom. The molecule has 0 aliphatic rings. The topological polar surface area (TPSA) is 114 Å². The van der Waals surface area contributed by atoms with Gasteiger partial charge in [0, 0.05) is 29.5 Å². The number of nitrogens with zero attached hydrogens (tertiary/aromatic N) is 2. The Kier molecular flexibility index (Phi) is 6.53. The molecule has 1 aromatic carbocycles. The van der Waals surface area contributed by atoms with Crippen LogP contribution >= 0.6 is 11.3 Å². The SMILES string of the molecule is O=C(CCc1nc(-c2ccsc2)no1)Nc1ccc(S(=O)(=O)NCC(F)(F)F)cc1. The maximum atomic E-state index is 12.2. The van der Waals surface area contributed by atoms with E-state index in [9.17, 15) is 26.4 Å². The smallest absolute Gasteiger partial charge is 0.339 e. The number of amides is 1. The Morgan fingerprint density at radius 1 is 1.17 bits per heavy atom. The monoisotopic (exact) mass is 460 g/mol. The van der Waals surface area contributed by atoms with Crippen LogP contribution in [0.3, 0.4) is 0 Å². The van der Waals surface area contributed by atoms with E-state index >= 15 is 0 Å². The number of thiophene rings is 1. The summed E-state index contributed by atoms with van der Waals surface area (Å²) >= 11 is 1.49. The molecule has 30 heavy (non-hydrogen) atoms. The fraction of sp³-hybridized carbons (Fsp3) is 0.235. The van der Waals surface area contributed by atoms with Crippen LogP contribution in [0.5, 0.6) is 0 Å². The molecule has 0 saturated carbocycles. The van der Waals surface area contributed by atoms with E-state index in [0.29, 0.717) is 17.4 Å². The average Bonchev–Trinajstić information content (AvgIpc) is 3.36. The number of carbonyl (C=O) groups excluding carboxylic acids is 1. The quantitative estimate of drug-likeness (QED) is 0.534. The number of hydrogen-bond acceptors (Lipinski definition) is 7. The molecule has 8 nitrogen and oxygen atoms in total. The highest BCUT2D eigenvalue weighted by atomic mass is 32.2. The summed E-state index contributed by atoms with van der Waals surface area (Å²) in [6, 6.07) is 6.59. The molecular weight excluding hydrogens is 445 g/mol. The molecule has 1 amide bonds. The molecule has 0 unspecified atom stereocenters. The molecule has 2 heterocycles. The van der Waals surface area contributed by atoms with Gasteiger partial charge in [-0.15, -0.1) is 0 Å². The van der Waals surface area contributed by atoms with Crippen LogP contribution in [0, 0.1) is 0 Å². The zero-order valence-electron chi connectivity index (χ0n) is 15.1. The minimum absolute atomic E-state index is 0.0401. The molecule has 0 radical (unpaired) electrons. The number of rotatable bonds is 8. The van der Waals surface area contributed by atoms with Gasteiger partial charge in [-0.05, 0) is 35.7 Å². The summed E-state index contributed by atoms with van der Waals surface area (Å²) in [6.45, 7) is -1.67. The van der Waals surface area contributed by atoms with Crippen molar-refractivity contribution in [1.29, 1.82) is 0 Å². The summed E-state index contributed by atoms with van der Waals surface area (Å²) in [5.74, 6) is 0.349. The number of nitrogens with one attached hydrogen (secondary N) is 2. The maximum Gasteiger partial charge on any atom is 0.402 e. The lowest BCUT2D eigenvalue weighted by atomic mass is 10.2. The first kappa shape index (κ1) is 21.9. The Morgan fingerprint density at radius 3 is 2.53 bits per heavy atom. The Hall–Kier alpha value is -2.77. The van der Waals surface area contributed by atoms with Crippen LogP contribution in [-0.2, 0) is 21.2 Å². The van der Waals surface area contributed by atoms with Gasteiger partial charge < -0.3 is 9.84 Å². The predicted molar refractivity (Wildman–Crippen MR) is 102 cm³/mol. The normalized spacial score (nSPS) is 12.1. The Labute approximate surface area is 173 Å². The van der Waals surface area contributed by atoms with Crippen molar-refractivity contribution < 1.29 is 30.9 Å². The molecule has 0 atom stereocenters. The molecule has 0 spiro atoms. The van der Waals surface area contributed by atoms with Gasteiger partial charge in [-0.3, -0.25) is 4.79 Å². The molecule has 2 N–H and O–H groups in total. The molecule has 0 aliphatic heterocycles. The van der Waals surface area contributed by atoms with Crippen molar-refractivity contribution in [2.24, 2.45) is 0 Å². The summed E-state index contributed by atoms with van der Waals surface area (Å²) < 4.78 is 66.8. The van der Waals surface area contributed by atoms with E-state index in [1.165, 1.54) is 28.2 Å². The molecule has 160 valence electrons. The van der Waals surface area contributed by atoms with Crippen LogP contribution in [0.4, 0.5) is 18.9 Å². The lowest BCUT2D eigenvalue weighted by molar-refractivity contribution is -0.121. The van der Waals surface area contributed by atoms with E-state index in [0.717, 1.165) is 17.7 Å². The maximum absolute atomic E-state index is 12.2. The van der Waals surface area contributed by atoms with Gasteiger partial charge in [0.1, 0.15) is 6.54 Å². The van der Waals surface area contributed by atoms with Gasteiger partial charge >= 0.3 is 6.18 Å². The number of benzene rings is 1. The molecule has 3 aromatic rings. The first-order valence-corrected chi connectivity index (χ1v) is 10.9. The second-order valence-corrected chi connectivity index (χ2v) is 8.58. The highest BCUT2D eigenvalue weighted by Crippen LogP contribution is 2.20. The number of sulfonamides is 1. The van der Waals surface area contributed by atoms with Gasteiger partial charge in [0.2, 0.25) is 27.6 Å². The summed E-state index contributed by atoms with van der Waals surface area (Å²) in [4.78, 5) is 15.9. The van der Waals surface area contributed by atoms with Gasteiger partial charge in [-0.1, -0.05) is 5.16 Å². The largest absolute Gasteiger partial charge is 0.402 e. The molecule has 3 rings (SSSR count). The lowest BCUT2D eigenvalue weighted by Crippen LogP contribution is -2.33. The van der Waals surface area contributed by atoms with Crippen molar-refractivity contribution >= 4 is 33.0 Å². The van der Waals surface area contributed by atoms with Crippen LogP contribution in [-0.4, -0.2) is 37.2 Å². The minimum Gasteiger partial charge on any atom is -0.339 e. The van der Waals surface area contributed by atoms with E-state index < -0.39 is 22.7 Å². The Bertz CT molecular complexity index is 1090. The van der Waals surface area contributed by atoms with Gasteiger partial charge in [-0.2, -0.15) is 29.5 Å². The molecular formula is C17H15F3N4O4S2. The highest BCUT2D eigenvalue weighted by molar-refractivity contribution is 7.89. The third-order valence-corrected chi connectivity index (χ3v) is 5.82. The van der Waals surface area contributed by atoms with Crippen molar-refractivity contribution in [3.8, 4) is 11.4 Å². The van der Waals surface area contributed by atoms with Crippen molar-refractivity contribution in [3.05, 3.63) is 47.0 Å². The highest BCUT2D eigenvalue weighted by Gasteiger charge is 2.30. The van der Waals surface area contributed by atoms with Gasteiger partial charge in [0.05, 0.1) is 4.90 Å². The van der Waals surface area contributed by atoms with Crippen molar-refractivity contribution in [2.75, 3.05) is 11.9 Å². The average molecular weight is 460 g/mol. The Balaban J connectivity index is 1.52. The van der Waals surface area contributed by atoms with Crippen LogP contribution in [0.1, 0.15) is 12.3 Å². The van der Waals surface area contributed by atoms with Crippen LogP contribution in [0.25, 0.3) is 11.4 Å². The first-order valence-electron chi connectivity index (χ1n) is 8.44. The van der Waals surface area contributed by atoms with E-state index in [-0.39, 0.29) is 23.6 Å². The van der Waals surface area contributed by atoms with Gasteiger partial charge in [-0.25, -0.2) is 13.1 Å². The predicted octanol–water partition coefficient (Wildman–Crippen LogP) is 3.21. The minimum atomic E-state index is -4.66. The van der Waals surface area contributed by atoms with Crippen molar-refractivity contribution in [3.63, 3.8) is 0 Å². The van der Waals surface area contributed by atoms with E-state index in [1.807, 2.05) is 16.8 Å². The number of halogens is 3. The molecule has 0 saturated heterocycles. The fourth-order valence-corrected chi connectivity index (χ4v) is 3.94. The zero-order valence-corrected chi connectivity index (χ0v) is 16.8. The third-order valence-electron chi connectivity index (χ3n) is 3.72. The third kappa shape index (κ3) is 6.11. The number of carbonyl (C=O) groups is 1. The number of aromatic nitrogens is 2. The zero-order chi connectivity index (χ0) is 21.8. The van der Waals surface area contributed by atoms with Crippen molar-refractivity contribution in [2.45, 2.75) is 23.9 Å². The standard InChI is InChI=1S/C17H15F3N4O4S2/c18-17(19,20)10-21-30(26,27)13-3-1-12(2-4-13)22-14(25)5-6-15-23-16(24-28-15)11-7-8-29-9-11/h1-4,7-9,21H,5-6,10H2,(H,22,25). The van der Waals surface area contributed by atoms with Gasteiger partial charge in [0.25, 0.3) is 0 Å². The second-order valence-electron chi connectivity index (χ2n) is 6.04. The van der Waals surface area contributed by atoms with E-state index in [1.54, 1.807) is 0 Å². The lowest BCUT2D eigenvalue weighted by Gasteiger charge is -2.10. The molecule has 2 aromatic heterocycles. The van der Waals surface area contributed by atoms with E-state index in [4.69, 9.17) is 4.52 Å². The number of hydrogen-bond donors (Lipinski definition) is 2. The van der Waals surface area contributed by atoms with Crippen LogP contribution in [0.2, 0.25) is 0 Å². The van der Waals surface area contributed by atoms with Crippen molar-refractivity contribution in [1.82, 2.24) is 14.9 Å². The summed E-state index contributed by atoms with van der Waals surface area (Å²) in [5, 5.41) is 10.1. The number of alkyl halides is 3. The summed E-state index contributed by atoms with van der Waals surface area (Å²) in [5.41, 5.74) is 1.11. The molecule has 0 aliphatic carbocycles. The fourth-order valence-electron chi connectivity index (χ4n) is 2.29. The number of anilines is 1. The summed E-state index contributed by atoms with van der Waals surface area (Å²) in [6.07, 6.45) is -4.42. The van der Waals surface area contributed by atoms with Gasteiger partial charge in [0.15, 0.2) is 0 Å². The molecule has 0 bridgehead atoms. The van der Waals surface area contributed by atoms with Crippen LogP contribution < -0.4 is 10.0 Å². The molecule has 13 heteroatoms. The first-order chi connectivity index (χ1) is 14.1. The van der Waals surface area contributed by atoms with Crippen LogP contribution in [0.15, 0.2) is 50.5 Å². The number of aryl methyl sites for hydroxylation is 1. The summed E-state index contributed by atoms with van der Waals surface area (Å²) in [7, 11) is -4.31. The second kappa shape index (κ2) is 8.93. The van der Waals surface area contributed by atoms with E-state index in [2.05, 4.69) is 15.5 Å².